The van der Waals surface area contributed by atoms with Crippen LogP contribution in [0, 0.1) is 0 Å². The summed E-state index contributed by atoms with van der Waals surface area (Å²) in [7, 11) is 1.75. The highest BCUT2D eigenvalue weighted by Crippen LogP contribution is 2.25. The fraction of sp³-hybridized carbons (Fsp3) is 0.389. The van der Waals surface area contributed by atoms with Crippen molar-refractivity contribution >= 4 is 40.7 Å². The van der Waals surface area contributed by atoms with Crippen molar-refractivity contribution in [2.75, 3.05) is 33.2 Å². The maximum atomic E-state index is 12.8. The minimum Gasteiger partial charge on any atom is -0.402 e. The molecule has 2 heterocycles. The monoisotopic (exact) mass is 394 g/mol. The summed E-state index contributed by atoms with van der Waals surface area (Å²) >= 11 is 11.9. The lowest BCUT2D eigenvalue weighted by atomic mass is 10.00. The zero-order chi connectivity index (χ0) is 18.8. The van der Waals surface area contributed by atoms with Gasteiger partial charge in [0.1, 0.15) is 5.71 Å². The number of hydrogen-bond acceptors (Lipinski definition) is 4. The van der Waals surface area contributed by atoms with Crippen LogP contribution in [0.2, 0.25) is 10.0 Å². The highest BCUT2D eigenvalue weighted by molar-refractivity contribution is 6.45. The van der Waals surface area contributed by atoms with Gasteiger partial charge in [0.05, 0.1) is 10.0 Å². The predicted octanol–water partition coefficient (Wildman–Crippen LogP) is 2.36. The lowest BCUT2D eigenvalue weighted by Crippen LogP contribution is -2.43. The van der Waals surface area contributed by atoms with Crippen LogP contribution in [-0.2, 0) is 4.79 Å². The highest BCUT2D eigenvalue weighted by Gasteiger charge is 2.30. The van der Waals surface area contributed by atoms with Gasteiger partial charge >= 0.3 is 0 Å². The van der Waals surface area contributed by atoms with Crippen LogP contribution in [0.4, 0.5) is 0 Å². The van der Waals surface area contributed by atoms with E-state index in [1.807, 2.05) is 0 Å². The molecule has 0 spiro atoms. The Bertz CT molecular complexity index is 819. The first-order valence-electron chi connectivity index (χ1n) is 8.40. The van der Waals surface area contributed by atoms with Crippen molar-refractivity contribution in [3.8, 4) is 0 Å². The second-order valence-corrected chi connectivity index (χ2v) is 7.23. The zero-order valence-corrected chi connectivity index (χ0v) is 16.0. The molecule has 0 radical (unpaired) electrons. The zero-order valence-electron chi connectivity index (χ0n) is 14.5. The van der Waals surface area contributed by atoms with Crippen LogP contribution in [0.15, 0.2) is 34.5 Å². The molecule has 0 atom stereocenters. The van der Waals surface area contributed by atoms with Crippen LogP contribution < -0.4 is 5.73 Å². The number of nitrogens with two attached hydrogens (primary N) is 1. The van der Waals surface area contributed by atoms with E-state index in [2.05, 4.69) is 4.99 Å². The van der Waals surface area contributed by atoms with E-state index in [0.29, 0.717) is 58.6 Å². The molecule has 6 nitrogen and oxygen atoms in total. The van der Waals surface area contributed by atoms with E-state index in [0.717, 1.165) is 6.42 Å². The quantitative estimate of drug-likeness (QED) is 0.835. The van der Waals surface area contributed by atoms with Gasteiger partial charge in [0.15, 0.2) is 0 Å². The predicted molar refractivity (Wildman–Crippen MR) is 103 cm³/mol. The lowest BCUT2D eigenvalue weighted by Gasteiger charge is -2.30. The molecule has 0 saturated carbocycles. The lowest BCUT2D eigenvalue weighted by molar-refractivity contribution is -0.122. The van der Waals surface area contributed by atoms with Crippen molar-refractivity contribution in [2.45, 2.75) is 12.8 Å². The summed E-state index contributed by atoms with van der Waals surface area (Å²) in [6.07, 6.45) is 1.31. The van der Waals surface area contributed by atoms with Crippen molar-refractivity contribution < 1.29 is 9.59 Å². The summed E-state index contributed by atoms with van der Waals surface area (Å²) in [5.74, 6) is -0.326. The molecule has 2 amide bonds. The van der Waals surface area contributed by atoms with Crippen molar-refractivity contribution in [1.29, 1.82) is 0 Å². The summed E-state index contributed by atoms with van der Waals surface area (Å²) in [5, 5.41) is 0.725. The van der Waals surface area contributed by atoms with Gasteiger partial charge in [-0.25, -0.2) is 0 Å². The smallest absolute Gasteiger partial charge is 0.272 e. The van der Waals surface area contributed by atoms with Gasteiger partial charge in [-0.3, -0.25) is 14.6 Å². The molecule has 0 aromatic heterocycles. The first-order chi connectivity index (χ1) is 12.4. The molecule has 0 unspecified atom stereocenters. The highest BCUT2D eigenvalue weighted by atomic mass is 35.5. The third kappa shape index (κ3) is 3.71. The van der Waals surface area contributed by atoms with Gasteiger partial charge in [0, 0.05) is 56.5 Å². The number of hydrogen-bond donors (Lipinski definition) is 1. The normalized spacial score (nSPS) is 18.7. The van der Waals surface area contributed by atoms with E-state index in [4.69, 9.17) is 28.9 Å². The van der Waals surface area contributed by atoms with Gasteiger partial charge in [0.2, 0.25) is 0 Å². The van der Waals surface area contributed by atoms with Gasteiger partial charge < -0.3 is 15.5 Å². The van der Waals surface area contributed by atoms with Crippen LogP contribution in [0.5, 0.6) is 0 Å². The minimum atomic E-state index is -0.177. The van der Waals surface area contributed by atoms with Gasteiger partial charge in [-0.05, 0) is 24.6 Å². The summed E-state index contributed by atoms with van der Waals surface area (Å²) in [5.41, 5.74) is 8.24. The van der Waals surface area contributed by atoms with Gasteiger partial charge in [-0.2, -0.15) is 0 Å². The molecule has 2 aliphatic rings. The molecule has 138 valence electrons. The van der Waals surface area contributed by atoms with E-state index in [1.54, 1.807) is 35.0 Å². The standard InChI is InChI=1S/C18H20Cl2N4O2/c1-23-7-2-6-22-16(18(23)26)12-10-24(8-5-15(12)21)17(25)11-3-4-13(19)14(20)9-11/h3-4,9H,2,5-8,10,21H2,1H3. The van der Waals surface area contributed by atoms with Gasteiger partial charge in [-0.1, -0.05) is 23.2 Å². The molecule has 0 fully saturated rings. The molecule has 26 heavy (non-hydrogen) atoms. The van der Waals surface area contributed by atoms with Crippen LogP contribution in [0.3, 0.4) is 0 Å². The Kier molecular flexibility index (Phi) is 5.53. The third-order valence-electron chi connectivity index (χ3n) is 4.60. The number of carbonyl (C=O) groups is 2. The van der Waals surface area contributed by atoms with E-state index in [9.17, 15) is 9.59 Å². The Morgan fingerprint density at radius 2 is 2.00 bits per heavy atom. The Balaban J connectivity index is 1.85. The molecular formula is C18H20Cl2N4O2. The topological polar surface area (TPSA) is 79.0 Å². The molecule has 0 bridgehead atoms. The van der Waals surface area contributed by atoms with Crippen LogP contribution in [-0.4, -0.2) is 60.6 Å². The number of rotatable bonds is 2. The first kappa shape index (κ1) is 18.7. The van der Waals surface area contributed by atoms with Crippen LogP contribution in [0.25, 0.3) is 0 Å². The average Bonchev–Trinajstić information content (AvgIpc) is 2.79. The van der Waals surface area contributed by atoms with Gasteiger partial charge in [0.25, 0.3) is 11.8 Å². The molecule has 2 N–H and O–H groups in total. The van der Waals surface area contributed by atoms with E-state index < -0.39 is 0 Å². The molecule has 3 rings (SSSR count). The number of benzene rings is 1. The number of aliphatic imine (C=N–C) groups is 1. The van der Waals surface area contributed by atoms with Crippen molar-refractivity contribution in [1.82, 2.24) is 9.80 Å². The van der Waals surface area contributed by atoms with E-state index >= 15 is 0 Å². The maximum Gasteiger partial charge on any atom is 0.272 e. The molecule has 0 aliphatic carbocycles. The van der Waals surface area contributed by atoms with Crippen LogP contribution >= 0.6 is 23.2 Å². The third-order valence-corrected chi connectivity index (χ3v) is 5.34. The van der Waals surface area contributed by atoms with E-state index in [1.165, 1.54) is 0 Å². The molecule has 8 heteroatoms. The number of halogens is 2. The van der Waals surface area contributed by atoms with Crippen LogP contribution in [0.1, 0.15) is 23.2 Å². The number of amides is 2. The molecular weight excluding hydrogens is 375 g/mol. The summed E-state index contributed by atoms with van der Waals surface area (Å²) in [6.45, 7) is 1.96. The molecule has 0 saturated heterocycles. The number of nitrogens with zero attached hydrogens (tertiary/aromatic N) is 3. The molecule has 1 aromatic rings. The Labute approximate surface area is 162 Å². The van der Waals surface area contributed by atoms with Crippen molar-refractivity contribution in [3.63, 3.8) is 0 Å². The second-order valence-electron chi connectivity index (χ2n) is 6.42. The second kappa shape index (κ2) is 7.68. The summed E-state index contributed by atoms with van der Waals surface area (Å²) < 4.78 is 0. The molecule has 1 aromatic carbocycles. The fourth-order valence-electron chi connectivity index (χ4n) is 3.06. The minimum absolute atomic E-state index is 0.149. The van der Waals surface area contributed by atoms with Crippen molar-refractivity contribution in [2.24, 2.45) is 10.7 Å². The Morgan fingerprint density at radius 1 is 1.23 bits per heavy atom. The molecule has 2 aliphatic heterocycles. The van der Waals surface area contributed by atoms with Gasteiger partial charge in [-0.15, -0.1) is 0 Å². The Hall–Kier alpha value is -2.05. The average molecular weight is 395 g/mol. The maximum absolute atomic E-state index is 12.8. The first-order valence-corrected chi connectivity index (χ1v) is 9.16. The Morgan fingerprint density at radius 3 is 2.73 bits per heavy atom. The SMILES string of the molecule is CN1CCCN=C(C2=C(N)CCN(C(=O)c3ccc(Cl)c(Cl)c3)C2)C1=O. The van der Waals surface area contributed by atoms with Crippen molar-refractivity contribution in [3.05, 3.63) is 45.1 Å². The summed E-state index contributed by atoms with van der Waals surface area (Å²) in [4.78, 5) is 33.2. The summed E-state index contributed by atoms with van der Waals surface area (Å²) in [6, 6.07) is 4.79. The fourth-order valence-corrected chi connectivity index (χ4v) is 3.36. The largest absolute Gasteiger partial charge is 0.402 e. The number of carbonyl (C=O) groups excluding carboxylic acids is 2. The van der Waals surface area contributed by atoms with E-state index in [-0.39, 0.29) is 18.4 Å².